The summed E-state index contributed by atoms with van der Waals surface area (Å²) < 4.78 is 30.2. The number of nitrogens with two attached hydrogens (primary N) is 2. The molecule has 1 aromatic rings. The van der Waals surface area contributed by atoms with Crippen molar-refractivity contribution in [3.8, 4) is 0 Å². The molecule has 4 N–H and O–H groups in total. The summed E-state index contributed by atoms with van der Waals surface area (Å²) in [6, 6.07) is 0. The number of nitrogen functional groups attached to an aromatic ring is 2. The van der Waals surface area contributed by atoms with E-state index < -0.39 is 18.0 Å². The van der Waals surface area contributed by atoms with E-state index in [-0.39, 0.29) is 30.1 Å². The van der Waals surface area contributed by atoms with Crippen LogP contribution in [0.25, 0.3) is 0 Å². The molecule has 0 aromatic carbocycles. The fraction of sp³-hybridized carbons (Fsp3) is 0.400. The fourth-order valence-corrected chi connectivity index (χ4v) is 1.40. The first-order valence-electron chi connectivity index (χ1n) is 4.93. The Balaban J connectivity index is 3.12. The van der Waals surface area contributed by atoms with Crippen LogP contribution in [0, 0.1) is 0 Å². The van der Waals surface area contributed by atoms with Gasteiger partial charge < -0.3 is 16.2 Å². The predicted octanol–water partition coefficient (Wildman–Crippen LogP) is 1.29. The predicted molar refractivity (Wildman–Crippen MR) is 58.4 cm³/mol. The molecule has 0 fully saturated rings. The van der Waals surface area contributed by atoms with Gasteiger partial charge in [0.25, 0.3) is 6.43 Å². The Morgan fingerprint density at radius 1 is 1.53 bits per heavy atom. The number of carbonyl (C=O) groups excluding carboxylic acids is 1. The molecule has 0 aliphatic heterocycles. The zero-order valence-corrected chi connectivity index (χ0v) is 9.24. The molecule has 0 aliphatic carbocycles. The first-order valence-corrected chi connectivity index (χ1v) is 4.93. The minimum Gasteiger partial charge on any atom is -0.466 e. The Labute approximate surface area is 96.8 Å². The molecule has 1 aromatic heterocycles. The Morgan fingerprint density at radius 2 is 2.18 bits per heavy atom. The van der Waals surface area contributed by atoms with Crippen LogP contribution in [-0.2, 0) is 16.0 Å². The minimum absolute atomic E-state index is 0.0709. The molecule has 0 unspecified atom stereocenters. The molecule has 17 heavy (non-hydrogen) atoms. The average molecular weight is 245 g/mol. The number of anilines is 2. The molecule has 94 valence electrons. The molecule has 0 atom stereocenters. The molecule has 1 rings (SSSR count). The lowest BCUT2D eigenvalue weighted by molar-refractivity contribution is -0.142. The third-order valence-corrected chi connectivity index (χ3v) is 2.13. The molecule has 0 bridgehead atoms. The van der Waals surface area contributed by atoms with Crippen LogP contribution in [0.1, 0.15) is 24.5 Å². The van der Waals surface area contributed by atoms with Crippen LogP contribution in [0.3, 0.4) is 0 Å². The van der Waals surface area contributed by atoms with Crippen LogP contribution in [-0.4, -0.2) is 17.6 Å². The third kappa shape index (κ3) is 3.02. The van der Waals surface area contributed by atoms with E-state index in [1.807, 2.05) is 0 Å². The highest BCUT2D eigenvalue weighted by Gasteiger charge is 2.22. The molecule has 0 aliphatic rings. The number of halogens is 2. The molecule has 0 spiro atoms. The van der Waals surface area contributed by atoms with Crippen LogP contribution < -0.4 is 11.5 Å². The summed E-state index contributed by atoms with van der Waals surface area (Å²) >= 11 is 0. The molecule has 0 saturated heterocycles. The summed E-state index contributed by atoms with van der Waals surface area (Å²) in [7, 11) is 0. The van der Waals surface area contributed by atoms with Crippen molar-refractivity contribution in [2.45, 2.75) is 19.8 Å². The maximum atomic E-state index is 12.8. The van der Waals surface area contributed by atoms with Gasteiger partial charge in [0.15, 0.2) is 0 Å². The van der Waals surface area contributed by atoms with Gasteiger partial charge in [-0.2, -0.15) is 0 Å². The van der Waals surface area contributed by atoms with Crippen LogP contribution in [0.15, 0.2) is 6.20 Å². The first kappa shape index (κ1) is 13.1. The topological polar surface area (TPSA) is 91.2 Å². The number of esters is 1. The Kier molecular flexibility index (Phi) is 4.19. The molecule has 1 heterocycles. The van der Waals surface area contributed by atoms with Gasteiger partial charge in [0, 0.05) is 11.1 Å². The standard InChI is InChI=1S/C10H13F2N3O2/c1-2-17-7(16)3-5-8(9(11)12)6(13)4-15-10(5)14/h4,9H,2-3,13H2,1H3,(H2,14,15). The summed E-state index contributed by atoms with van der Waals surface area (Å²) in [5.41, 5.74) is 10.1. The van der Waals surface area contributed by atoms with E-state index in [4.69, 9.17) is 11.5 Å². The quantitative estimate of drug-likeness (QED) is 0.780. The van der Waals surface area contributed by atoms with Crippen molar-refractivity contribution in [3.63, 3.8) is 0 Å². The van der Waals surface area contributed by atoms with E-state index >= 15 is 0 Å². The molecule has 5 nitrogen and oxygen atoms in total. The number of aromatic nitrogens is 1. The van der Waals surface area contributed by atoms with Crippen molar-refractivity contribution >= 4 is 17.5 Å². The zero-order valence-electron chi connectivity index (χ0n) is 9.24. The largest absolute Gasteiger partial charge is 0.466 e. The number of alkyl halides is 2. The second-order valence-electron chi connectivity index (χ2n) is 3.27. The highest BCUT2D eigenvalue weighted by Crippen LogP contribution is 2.31. The van der Waals surface area contributed by atoms with Crippen molar-refractivity contribution in [3.05, 3.63) is 17.3 Å². The lowest BCUT2D eigenvalue weighted by Crippen LogP contribution is -2.14. The minimum atomic E-state index is -2.82. The molecule has 7 heteroatoms. The van der Waals surface area contributed by atoms with Crippen molar-refractivity contribution in [2.24, 2.45) is 0 Å². The molecule has 0 saturated carbocycles. The van der Waals surface area contributed by atoms with Gasteiger partial charge in [0.05, 0.1) is 24.9 Å². The molecule has 0 amide bonds. The van der Waals surface area contributed by atoms with Gasteiger partial charge in [0.1, 0.15) is 5.82 Å². The summed E-state index contributed by atoms with van der Waals surface area (Å²) in [5, 5.41) is 0. The number of nitrogens with zero attached hydrogens (tertiary/aromatic N) is 1. The summed E-state index contributed by atoms with van der Waals surface area (Å²) in [5.74, 6) is -0.781. The third-order valence-electron chi connectivity index (χ3n) is 2.13. The SMILES string of the molecule is CCOC(=O)Cc1c(N)ncc(N)c1C(F)F. The van der Waals surface area contributed by atoms with E-state index in [0.29, 0.717) is 0 Å². The van der Waals surface area contributed by atoms with Crippen LogP contribution >= 0.6 is 0 Å². The molecular formula is C10H13F2N3O2. The normalized spacial score (nSPS) is 10.6. The van der Waals surface area contributed by atoms with Gasteiger partial charge in [-0.15, -0.1) is 0 Å². The van der Waals surface area contributed by atoms with Gasteiger partial charge in [-0.05, 0) is 6.92 Å². The van der Waals surface area contributed by atoms with E-state index in [1.54, 1.807) is 6.92 Å². The van der Waals surface area contributed by atoms with E-state index in [0.717, 1.165) is 6.20 Å². The van der Waals surface area contributed by atoms with E-state index in [9.17, 15) is 13.6 Å². The van der Waals surface area contributed by atoms with Crippen molar-refractivity contribution in [1.29, 1.82) is 0 Å². The van der Waals surface area contributed by atoms with Crippen molar-refractivity contribution in [2.75, 3.05) is 18.1 Å². The number of hydrogen-bond donors (Lipinski definition) is 2. The van der Waals surface area contributed by atoms with E-state index in [2.05, 4.69) is 9.72 Å². The van der Waals surface area contributed by atoms with Crippen LogP contribution in [0.2, 0.25) is 0 Å². The molecule has 0 radical (unpaired) electrons. The van der Waals surface area contributed by atoms with Gasteiger partial charge in [-0.3, -0.25) is 4.79 Å². The van der Waals surface area contributed by atoms with Crippen molar-refractivity contribution < 1.29 is 18.3 Å². The summed E-state index contributed by atoms with van der Waals surface area (Å²) in [4.78, 5) is 14.9. The van der Waals surface area contributed by atoms with E-state index in [1.165, 1.54) is 0 Å². The number of carbonyl (C=O) groups is 1. The van der Waals surface area contributed by atoms with Gasteiger partial charge in [-0.25, -0.2) is 13.8 Å². The molecular weight excluding hydrogens is 232 g/mol. The van der Waals surface area contributed by atoms with Crippen molar-refractivity contribution in [1.82, 2.24) is 4.98 Å². The lowest BCUT2D eigenvalue weighted by Gasteiger charge is -2.12. The highest BCUT2D eigenvalue weighted by atomic mass is 19.3. The maximum Gasteiger partial charge on any atom is 0.310 e. The monoisotopic (exact) mass is 245 g/mol. The number of pyridine rings is 1. The second-order valence-corrected chi connectivity index (χ2v) is 3.27. The second kappa shape index (κ2) is 5.42. The Morgan fingerprint density at radius 3 is 2.71 bits per heavy atom. The van der Waals surface area contributed by atoms with Crippen LogP contribution in [0.4, 0.5) is 20.3 Å². The van der Waals surface area contributed by atoms with Crippen LogP contribution in [0.5, 0.6) is 0 Å². The Bertz CT molecular complexity index is 424. The van der Waals surface area contributed by atoms with Gasteiger partial charge in [-0.1, -0.05) is 0 Å². The fourth-order valence-electron chi connectivity index (χ4n) is 1.40. The highest BCUT2D eigenvalue weighted by molar-refractivity contribution is 5.76. The zero-order chi connectivity index (χ0) is 13.0. The number of rotatable bonds is 4. The van der Waals surface area contributed by atoms with Gasteiger partial charge in [0.2, 0.25) is 0 Å². The smallest absolute Gasteiger partial charge is 0.310 e. The maximum absolute atomic E-state index is 12.8. The first-order chi connectivity index (χ1) is 7.97. The summed E-state index contributed by atoms with van der Waals surface area (Å²) in [6.07, 6.45) is -2.13. The summed E-state index contributed by atoms with van der Waals surface area (Å²) in [6.45, 7) is 1.78. The number of hydrogen-bond acceptors (Lipinski definition) is 5. The average Bonchev–Trinajstić information content (AvgIpc) is 2.23. The van der Waals surface area contributed by atoms with Gasteiger partial charge >= 0.3 is 5.97 Å². The lowest BCUT2D eigenvalue weighted by atomic mass is 10.0. The number of ether oxygens (including phenoxy) is 1. The Hall–Kier alpha value is -1.92.